The summed E-state index contributed by atoms with van der Waals surface area (Å²) >= 11 is 0. The van der Waals surface area contributed by atoms with Crippen molar-refractivity contribution in [1.29, 1.82) is 5.41 Å². The molecule has 0 aliphatic rings. The third kappa shape index (κ3) is 3.26. The number of aromatic nitrogens is 1. The molecule has 0 spiro atoms. The lowest BCUT2D eigenvalue weighted by atomic mass is 9.97. The average molecular weight is 285 g/mol. The molecule has 0 amide bonds. The van der Waals surface area contributed by atoms with Gasteiger partial charge in [0.25, 0.3) is 0 Å². The Labute approximate surface area is 123 Å². The molecule has 1 atom stereocenters. The molecule has 1 aromatic heterocycles. The molecule has 1 heterocycles. The molecule has 0 aliphatic carbocycles. The molecule has 1 aromatic carbocycles. The maximum atomic E-state index is 10.5. The van der Waals surface area contributed by atoms with Crippen LogP contribution in [0.4, 0.5) is 0 Å². The summed E-state index contributed by atoms with van der Waals surface area (Å²) in [7, 11) is 0. The number of nitrogens with zero attached hydrogens (tertiary/aromatic N) is 1. The molecule has 5 nitrogen and oxygen atoms in total. The number of rotatable bonds is 4. The quantitative estimate of drug-likeness (QED) is 0.395. The number of nitrogens with one attached hydrogen (secondary N) is 2. The Kier molecular flexibility index (Phi) is 4.67. The average Bonchev–Trinajstić information content (AvgIpc) is 2.53. The topological polar surface area (TPSA) is 89.2 Å². The lowest BCUT2D eigenvalue weighted by Crippen LogP contribution is -2.22. The number of pyridine rings is 1. The van der Waals surface area contributed by atoms with Crippen LogP contribution in [0.15, 0.2) is 42.6 Å². The van der Waals surface area contributed by atoms with Crippen LogP contribution in [0, 0.1) is 5.41 Å². The minimum Gasteiger partial charge on any atom is -0.382 e. The smallest absolute Gasteiger partial charge is 0.151 e. The van der Waals surface area contributed by atoms with Gasteiger partial charge in [0, 0.05) is 11.8 Å². The van der Waals surface area contributed by atoms with E-state index in [4.69, 9.17) is 10.6 Å². The Hall–Kier alpha value is -2.24. The summed E-state index contributed by atoms with van der Waals surface area (Å²) < 4.78 is 0. The largest absolute Gasteiger partial charge is 0.382 e. The van der Waals surface area contributed by atoms with Gasteiger partial charge < -0.3 is 5.11 Å². The number of amidine groups is 1. The normalized spacial score (nSPS) is 12.2. The molecule has 5 heteroatoms. The van der Waals surface area contributed by atoms with Gasteiger partial charge in [-0.25, -0.2) is 0 Å². The molecule has 2 aromatic rings. The molecule has 0 radical (unpaired) electrons. The van der Waals surface area contributed by atoms with Crippen LogP contribution < -0.4 is 5.48 Å². The second kappa shape index (κ2) is 6.47. The van der Waals surface area contributed by atoms with Gasteiger partial charge in [-0.1, -0.05) is 38.1 Å². The van der Waals surface area contributed by atoms with E-state index in [1.165, 1.54) is 5.56 Å². The highest BCUT2D eigenvalue weighted by molar-refractivity contribution is 5.96. The summed E-state index contributed by atoms with van der Waals surface area (Å²) in [6.45, 7) is 4.22. The van der Waals surface area contributed by atoms with Gasteiger partial charge in [0.1, 0.15) is 6.10 Å². The van der Waals surface area contributed by atoms with Crippen molar-refractivity contribution in [2.45, 2.75) is 25.9 Å². The Morgan fingerprint density at radius 2 is 1.76 bits per heavy atom. The Morgan fingerprint density at radius 1 is 1.14 bits per heavy atom. The summed E-state index contributed by atoms with van der Waals surface area (Å²) in [5.74, 6) is 0.226. The van der Waals surface area contributed by atoms with Crippen molar-refractivity contribution >= 4 is 5.84 Å². The van der Waals surface area contributed by atoms with E-state index in [-0.39, 0.29) is 5.84 Å². The van der Waals surface area contributed by atoms with Crippen molar-refractivity contribution in [3.8, 4) is 0 Å². The standard InChI is InChI=1S/C16H19N3O2/c1-10(2)11-5-7-12(8-6-11)15(20)14-13(16(17)19-21)4-3-9-18-14/h3-10,15,20-21H,1-2H3,(H2,17,19). The Morgan fingerprint density at radius 3 is 2.33 bits per heavy atom. The Bertz CT molecular complexity index is 624. The summed E-state index contributed by atoms with van der Waals surface area (Å²) in [5.41, 5.74) is 4.37. The first-order chi connectivity index (χ1) is 10.0. The van der Waals surface area contributed by atoms with Crippen molar-refractivity contribution in [3.63, 3.8) is 0 Å². The molecule has 1 unspecified atom stereocenters. The Balaban J connectivity index is 2.36. The van der Waals surface area contributed by atoms with E-state index in [0.29, 0.717) is 22.7 Å². The molecule has 0 saturated carbocycles. The van der Waals surface area contributed by atoms with E-state index in [1.54, 1.807) is 23.8 Å². The predicted molar refractivity (Wildman–Crippen MR) is 80.6 cm³/mol. The second-order valence-electron chi connectivity index (χ2n) is 5.15. The third-order valence-corrected chi connectivity index (χ3v) is 3.40. The first-order valence-corrected chi connectivity index (χ1v) is 6.76. The van der Waals surface area contributed by atoms with Crippen LogP contribution in [0.25, 0.3) is 0 Å². The minimum absolute atomic E-state index is 0.198. The molecule has 0 fully saturated rings. The maximum Gasteiger partial charge on any atom is 0.151 e. The number of hydroxylamine groups is 1. The van der Waals surface area contributed by atoms with E-state index < -0.39 is 6.10 Å². The van der Waals surface area contributed by atoms with Crippen LogP contribution in [-0.4, -0.2) is 21.1 Å². The highest BCUT2D eigenvalue weighted by Crippen LogP contribution is 2.25. The number of aliphatic hydroxyl groups excluding tert-OH is 1. The fourth-order valence-corrected chi connectivity index (χ4v) is 2.13. The summed E-state index contributed by atoms with van der Waals surface area (Å²) in [5, 5.41) is 27.0. The van der Waals surface area contributed by atoms with E-state index in [0.717, 1.165) is 0 Å². The van der Waals surface area contributed by atoms with Crippen molar-refractivity contribution in [1.82, 2.24) is 10.5 Å². The third-order valence-electron chi connectivity index (χ3n) is 3.40. The number of aliphatic hydroxyl groups is 1. The number of hydrogen-bond donors (Lipinski definition) is 4. The minimum atomic E-state index is -0.948. The van der Waals surface area contributed by atoms with Gasteiger partial charge in [-0.2, -0.15) is 0 Å². The zero-order chi connectivity index (χ0) is 15.4. The van der Waals surface area contributed by atoms with Crippen molar-refractivity contribution < 1.29 is 10.3 Å². The first-order valence-electron chi connectivity index (χ1n) is 6.76. The zero-order valence-electron chi connectivity index (χ0n) is 12.0. The van der Waals surface area contributed by atoms with Crippen LogP contribution >= 0.6 is 0 Å². The molecular weight excluding hydrogens is 266 g/mol. The number of hydrogen-bond acceptors (Lipinski definition) is 4. The fourth-order valence-electron chi connectivity index (χ4n) is 2.13. The second-order valence-corrected chi connectivity index (χ2v) is 5.15. The fraction of sp³-hybridized carbons (Fsp3) is 0.250. The van der Waals surface area contributed by atoms with Gasteiger partial charge in [-0.15, -0.1) is 0 Å². The number of benzene rings is 1. The van der Waals surface area contributed by atoms with Gasteiger partial charge >= 0.3 is 0 Å². The SMILES string of the molecule is CC(C)c1ccc(C(O)c2ncccc2C(=N)NO)cc1. The molecule has 0 aliphatic heterocycles. The predicted octanol–water partition coefficient (Wildman–Crippen LogP) is 2.59. The van der Waals surface area contributed by atoms with Crippen LogP contribution in [0.3, 0.4) is 0 Å². The van der Waals surface area contributed by atoms with Gasteiger partial charge in [0.05, 0.1) is 5.69 Å². The highest BCUT2D eigenvalue weighted by atomic mass is 16.5. The molecule has 21 heavy (non-hydrogen) atoms. The van der Waals surface area contributed by atoms with Gasteiger partial charge in [0.15, 0.2) is 5.84 Å². The van der Waals surface area contributed by atoms with E-state index in [2.05, 4.69) is 18.8 Å². The monoisotopic (exact) mass is 285 g/mol. The van der Waals surface area contributed by atoms with Gasteiger partial charge in [0.2, 0.25) is 0 Å². The molecule has 4 N–H and O–H groups in total. The van der Waals surface area contributed by atoms with E-state index in [9.17, 15) is 5.11 Å². The van der Waals surface area contributed by atoms with Crippen LogP contribution in [0.2, 0.25) is 0 Å². The summed E-state index contributed by atoms with van der Waals surface area (Å²) in [6, 6.07) is 10.9. The van der Waals surface area contributed by atoms with E-state index >= 15 is 0 Å². The molecule has 2 rings (SSSR count). The molecular formula is C16H19N3O2. The molecule has 0 bridgehead atoms. The van der Waals surface area contributed by atoms with Gasteiger partial charge in [-0.05, 0) is 29.2 Å². The van der Waals surface area contributed by atoms with Crippen LogP contribution in [0.1, 0.15) is 48.3 Å². The van der Waals surface area contributed by atoms with Gasteiger partial charge in [-0.3, -0.25) is 21.1 Å². The van der Waals surface area contributed by atoms with Crippen molar-refractivity contribution in [3.05, 3.63) is 65.0 Å². The van der Waals surface area contributed by atoms with Crippen molar-refractivity contribution in [2.75, 3.05) is 0 Å². The van der Waals surface area contributed by atoms with E-state index in [1.807, 2.05) is 24.3 Å². The van der Waals surface area contributed by atoms with Crippen LogP contribution in [0.5, 0.6) is 0 Å². The van der Waals surface area contributed by atoms with Crippen molar-refractivity contribution in [2.24, 2.45) is 0 Å². The maximum absolute atomic E-state index is 10.5. The summed E-state index contributed by atoms with van der Waals surface area (Å²) in [6.07, 6.45) is 0.603. The zero-order valence-corrected chi connectivity index (χ0v) is 12.0. The van der Waals surface area contributed by atoms with Crippen LogP contribution in [-0.2, 0) is 0 Å². The molecule has 110 valence electrons. The first kappa shape index (κ1) is 15.2. The molecule has 0 saturated heterocycles. The summed E-state index contributed by atoms with van der Waals surface area (Å²) in [4.78, 5) is 4.14. The lowest BCUT2D eigenvalue weighted by Gasteiger charge is -2.15. The highest BCUT2D eigenvalue weighted by Gasteiger charge is 2.18. The lowest BCUT2D eigenvalue weighted by molar-refractivity contribution is 0.213.